The Bertz CT molecular complexity index is 760. The van der Waals surface area contributed by atoms with Gasteiger partial charge in [0.25, 0.3) is 5.91 Å². The molecule has 0 saturated heterocycles. The smallest absolute Gasteiger partial charge is 0.255 e. The summed E-state index contributed by atoms with van der Waals surface area (Å²) in [6, 6.07) is 11.9. The number of benzene rings is 2. The number of hydrogen-bond acceptors (Lipinski definition) is 2. The Labute approximate surface area is 151 Å². The fraction of sp³-hybridized carbons (Fsp3) is 0.263. The Morgan fingerprint density at radius 2 is 1.88 bits per heavy atom. The lowest BCUT2D eigenvalue weighted by molar-refractivity contribution is -0.129. The molecular weight excluding hydrogens is 343 g/mol. The highest BCUT2D eigenvalue weighted by Gasteiger charge is 2.16. The lowest BCUT2D eigenvalue weighted by Gasteiger charge is -2.22. The SMILES string of the molecule is CC(=O)N(CCNC(=O)c1c(F)cccc1Cl)Cc1ccccc1C. The van der Waals surface area contributed by atoms with Gasteiger partial charge in [-0.2, -0.15) is 0 Å². The predicted molar refractivity (Wildman–Crippen MR) is 96.0 cm³/mol. The highest BCUT2D eigenvalue weighted by Crippen LogP contribution is 2.18. The average Bonchev–Trinajstić information content (AvgIpc) is 2.55. The van der Waals surface area contributed by atoms with Crippen LogP contribution >= 0.6 is 11.6 Å². The normalized spacial score (nSPS) is 10.4. The zero-order chi connectivity index (χ0) is 18.4. The van der Waals surface area contributed by atoms with Crippen molar-refractivity contribution >= 4 is 23.4 Å². The fourth-order valence-corrected chi connectivity index (χ4v) is 2.70. The van der Waals surface area contributed by atoms with Gasteiger partial charge in [0, 0.05) is 26.6 Å². The number of aryl methyl sites for hydroxylation is 1. The molecule has 0 saturated carbocycles. The summed E-state index contributed by atoms with van der Waals surface area (Å²) in [7, 11) is 0. The number of halogens is 2. The minimum atomic E-state index is -0.673. The number of amides is 2. The summed E-state index contributed by atoms with van der Waals surface area (Å²) in [5.74, 6) is -1.36. The van der Waals surface area contributed by atoms with E-state index < -0.39 is 11.7 Å². The highest BCUT2D eigenvalue weighted by atomic mass is 35.5. The molecule has 2 rings (SSSR count). The third kappa shape index (κ3) is 5.03. The van der Waals surface area contributed by atoms with Gasteiger partial charge >= 0.3 is 0 Å². The average molecular weight is 363 g/mol. The molecule has 0 aliphatic rings. The lowest BCUT2D eigenvalue weighted by atomic mass is 10.1. The van der Waals surface area contributed by atoms with Crippen molar-refractivity contribution in [3.63, 3.8) is 0 Å². The topological polar surface area (TPSA) is 49.4 Å². The van der Waals surface area contributed by atoms with Crippen LogP contribution in [0.15, 0.2) is 42.5 Å². The summed E-state index contributed by atoms with van der Waals surface area (Å²) in [6.07, 6.45) is 0. The molecule has 0 atom stereocenters. The molecule has 2 aromatic rings. The molecule has 1 N–H and O–H groups in total. The predicted octanol–water partition coefficient (Wildman–Crippen LogP) is 3.57. The zero-order valence-corrected chi connectivity index (χ0v) is 14.9. The summed E-state index contributed by atoms with van der Waals surface area (Å²) in [6.45, 7) is 4.44. The van der Waals surface area contributed by atoms with Crippen LogP contribution in [0.5, 0.6) is 0 Å². The maximum atomic E-state index is 13.7. The van der Waals surface area contributed by atoms with E-state index in [1.807, 2.05) is 31.2 Å². The third-order valence-corrected chi connectivity index (χ3v) is 4.24. The van der Waals surface area contributed by atoms with Crippen LogP contribution in [-0.2, 0) is 11.3 Å². The molecule has 2 amide bonds. The minimum absolute atomic E-state index is 0.0563. The van der Waals surface area contributed by atoms with Gasteiger partial charge in [-0.05, 0) is 30.2 Å². The molecule has 25 heavy (non-hydrogen) atoms. The molecule has 0 spiro atoms. The second-order valence-corrected chi connectivity index (χ2v) is 6.13. The Morgan fingerprint density at radius 1 is 1.16 bits per heavy atom. The fourth-order valence-electron chi connectivity index (χ4n) is 2.45. The van der Waals surface area contributed by atoms with E-state index in [-0.39, 0.29) is 23.0 Å². The molecule has 0 aliphatic heterocycles. The lowest BCUT2D eigenvalue weighted by Crippen LogP contribution is -2.37. The Morgan fingerprint density at radius 3 is 2.52 bits per heavy atom. The first-order valence-electron chi connectivity index (χ1n) is 7.92. The van der Waals surface area contributed by atoms with Gasteiger partial charge in [-0.15, -0.1) is 0 Å². The van der Waals surface area contributed by atoms with E-state index >= 15 is 0 Å². The van der Waals surface area contributed by atoms with Crippen molar-refractivity contribution in [2.75, 3.05) is 13.1 Å². The Hall–Kier alpha value is -2.40. The summed E-state index contributed by atoms with van der Waals surface area (Å²) in [5.41, 5.74) is 1.95. The van der Waals surface area contributed by atoms with Gasteiger partial charge in [0.15, 0.2) is 0 Å². The second kappa shape index (κ2) is 8.62. The van der Waals surface area contributed by atoms with Crippen LogP contribution in [0.25, 0.3) is 0 Å². The van der Waals surface area contributed by atoms with Crippen LogP contribution in [0.1, 0.15) is 28.4 Å². The van der Waals surface area contributed by atoms with E-state index in [1.54, 1.807) is 4.90 Å². The molecule has 0 heterocycles. The van der Waals surface area contributed by atoms with Crippen molar-refractivity contribution < 1.29 is 14.0 Å². The van der Waals surface area contributed by atoms with Gasteiger partial charge < -0.3 is 10.2 Å². The molecule has 0 fully saturated rings. The van der Waals surface area contributed by atoms with Crippen LogP contribution in [-0.4, -0.2) is 29.8 Å². The molecule has 0 aromatic heterocycles. The quantitative estimate of drug-likeness (QED) is 0.854. The maximum Gasteiger partial charge on any atom is 0.255 e. The standard InChI is InChI=1S/C19H20ClFN2O2/c1-13-6-3-4-7-15(13)12-23(14(2)24)11-10-22-19(25)18-16(20)8-5-9-17(18)21/h3-9H,10-12H2,1-2H3,(H,22,25). The van der Waals surface area contributed by atoms with Crippen LogP contribution in [0, 0.1) is 12.7 Å². The maximum absolute atomic E-state index is 13.7. The van der Waals surface area contributed by atoms with Crippen molar-refractivity contribution in [1.82, 2.24) is 10.2 Å². The van der Waals surface area contributed by atoms with Gasteiger partial charge in [0.1, 0.15) is 5.82 Å². The molecule has 0 radical (unpaired) electrons. The van der Waals surface area contributed by atoms with E-state index in [0.29, 0.717) is 13.1 Å². The Balaban J connectivity index is 1.97. The van der Waals surface area contributed by atoms with Crippen LogP contribution < -0.4 is 5.32 Å². The summed E-state index contributed by atoms with van der Waals surface area (Å²) < 4.78 is 13.7. The first-order valence-corrected chi connectivity index (χ1v) is 8.30. The molecule has 132 valence electrons. The van der Waals surface area contributed by atoms with Crippen LogP contribution in [0.4, 0.5) is 4.39 Å². The number of carbonyl (C=O) groups excluding carboxylic acids is 2. The third-order valence-electron chi connectivity index (χ3n) is 3.92. The number of rotatable bonds is 6. The number of nitrogens with zero attached hydrogens (tertiary/aromatic N) is 1. The Kier molecular flexibility index (Phi) is 6.53. The number of carbonyl (C=O) groups is 2. The molecule has 6 heteroatoms. The van der Waals surface area contributed by atoms with E-state index in [2.05, 4.69) is 5.32 Å². The molecule has 0 bridgehead atoms. The van der Waals surface area contributed by atoms with Crippen LogP contribution in [0.2, 0.25) is 5.02 Å². The molecular formula is C19H20ClFN2O2. The summed E-state index contributed by atoms with van der Waals surface area (Å²) in [4.78, 5) is 25.6. The second-order valence-electron chi connectivity index (χ2n) is 5.72. The molecule has 4 nitrogen and oxygen atoms in total. The summed E-state index contributed by atoms with van der Waals surface area (Å²) in [5, 5.41) is 2.67. The van der Waals surface area contributed by atoms with Gasteiger partial charge in [0.05, 0.1) is 10.6 Å². The molecule has 0 unspecified atom stereocenters. The monoisotopic (exact) mass is 362 g/mol. The van der Waals surface area contributed by atoms with E-state index in [9.17, 15) is 14.0 Å². The zero-order valence-electron chi connectivity index (χ0n) is 14.2. The first-order chi connectivity index (χ1) is 11.9. The van der Waals surface area contributed by atoms with Crippen molar-refractivity contribution in [3.8, 4) is 0 Å². The van der Waals surface area contributed by atoms with Gasteiger partial charge in [-0.1, -0.05) is 41.9 Å². The van der Waals surface area contributed by atoms with Crippen molar-refractivity contribution in [3.05, 3.63) is 70.0 Å². The van der Waals surface area contributed by atoms with Crippen molar-refractivity contribution in [2.24, 2.45) is 0 Å². The van der Waals surface area contributed by atoms with E-state index in [4.69, 9.17) is 11.6 Å². The van der Waals surface area contributed by atoms with Gasteiger partial charge in [-0.3, -0.25) is 9.59 Å². The number of nitrogens with one attached hydrogen (secondary N) is 1. The van der Waals surface area contributed by atoms with Crippen molar-refractivity contribution in [1.29, 1.82) is 0 Å². The van der Waals surface area contributed by atoms with Gasteiger partial charge in [0.2, 0.25) is 5.91 Å². The largest absolute Gasteiger partial charge is 0.350 e. The van der Waals surface area contributed by atoms with E-state index in [0.717, 1.165) is 11.1 Å². The highest BCUT2D eigenvalue weighted by molar-refractivity contribution is 6.33. The number of hydrogen-bond donors (Lipinski definition) is 1. The first kappa shape index (κ1) is 18.9. The van der Waals surface area contributed by atoms with Gasteiger partial charge in [-0.25, -0.2) is 4.39 Å². The van der Waals surface area contributed by atoms with Crippen LogP contribution in [0.3, 0.4) is 0 Å². The molecule has 2 aromatic carbocycles. The van der Waals surface area contributed by atoms with E-state index in [1.165, 1.54) is 25.1 Å². The minimum Gasteiger partial charge on any atom is -0.350 e. The molecule has 0 aliphatic carbocycles. The summed E-state index contributed by atoms with van der Waals surface area (Å²) >= 11 is 5.88. The van der Waals surface area contributed by atoms with Crippen molar-refractivity contribution in [2.45, 2.75) is 20.4 Å².